The van der Waals surface area contributed by atoms with E-state index in [9.17, 15) is 21.6 Å². The molecule has 0 spiro atoms. The third kappa shape index (κ3) is 3.28. The van der Waals surface area contributed by atoms with E-state index >= 15 is 0 Å². The van der Waals surface area contributed by atoms with Crippen LogP contribution in [-0.4, -0.2) is 23.8 Å². The largest absolute Gasteiger partial charge is 0.425 e. The van der Waals surface area contributed by atoms with Gasteiger partial charge in [-0.05, 0) is 37.3 Å². The van der Waals surface area contributed by atoms with Crippen LogP contribution in [0.1, 0.15) is 22.7 Å². The number of aromatic amines is 1. The second-order valence-corrected chi connectivity index (χ2v) is 7.85. The number of sulfonamides is 1. The van der Waals surface area contributed by atoms with Crippen LogP contribution in [0.15, 0.2) is 35.2 Å². The predicted octanol–water partition coefficient (Wildman–Crippen LogP) is 3.08. The Morgan fingerprint density at radius 2 is 1.88 bits per heavy atom. The van der Waals surface area contributed by atoms with E-state index in [1.165, 1.54) is 31.2 Å². The Morgan fingerprint density at radius 1 is 1.17 bits per heavy atom. The lowest BCUT2D eigenvalue weighted by Gasteiger charge is -2.13. The van der Waals surface area contributed by atoms with Crippen LogP contribution >= 0.6 is 11.3 Å². The topological polar surface area (TPSA) is 87.7 Å². The van der Waals surface area contributed by atoms with Gasteiger partial charge in [0.15, 0.2) is 0 Å². The summed E-state index contributed by atoms with van der Waals surface area (Å²) in [5.74, 6) is 0. The van der Waals surface area contributed by atoms with Gasteiger partial charge in [-0.2, -0.15) is 28.6 Å². The van der Waals surface area contributed by atoms with Crippen LogP contribution < -0.4 is 4.72 Å². The molecule has 0 saturated carbocycles. The molecule has 0 fully saturated rings. The normalized spacial score (nSPS) is 14.2. The number of hydrogen-bond acceptors (Lipinski definition) is 5. The fraction of sp³-hybridized carbons (Fsp3) is 0.231. The number of aromatic nitrogens is 3. The number of H-pyrrole nitrogens is 1. The predicted molar refractivity (Wildman–Crippen MR) is 81.9 cm³/mol. The Bertz CT molecular complexity index is 978. The van der Waals surface area contributed by atoms with E-state index in [-0.39, 0.29) is 9.77 Å². The number of alkyl halides is 3. The number of benzene rings is 1. The van der Waals surface area contributed by atoms with E-state index in [0.717, 1.165) is 6.07 Å². The Hall–Kier alpha value is -1.98. The van der Waals surface area contributed by atoms with Crippen molar-refractivity contribution in [2.45, 2.75) is 24.0 Å². The average molecular weight is 376 g/mol. The average Bonchev–Trinajstić information content (AvgIpc) is 3.14. The van der Waals surface area contributed by atoms with Gasteiger partial charge in [-0.3, -0.25) is 0 Å². The van der Waals surface area contributed by atoms with Crippen LogP contribution in [0.3, 0.4) is 0 Å². The van der Waals surface area contributed by atoms with Crippen molar-refractivity contribution < 1.29 is 21.6 Å². The third-order valence-corrected chi connectivity index (χ3v) is 6.11. The van der Waals surface area contributed by atoms with E-state index in [2.05, 4.69) is 20.1 Å². The lowest BCUT2D eigenvalue weighted by Crippen LogP contribution is -2.26. The number of nitrogens with zero attached hydrogens (tertiary/aromatic N) is 2. The quantitative estimate of drug-likeness (QED) is 0.733. The molecular formula is C13H11F3N4O2S2. The molecule has 2 aromatic heterocycles. The Balaban J connectivity index is 1.84. The van der Waals surface area contributed by atoms with Crippen LogP contribution in [0.2, 0.25) is 0 Å². The maximum atomic E-state index is 12.6. The fourth-order valence-electron chi connectivity index (χ4n) is 2.08. The molecular weight excluding hydrogens is 365 g/mol. The molecule has 2 heterocycles. The number of thiophene rings is 1. The van der Waals surface area contributed by atoms with Crippen molar-refractivity contribution in [1.82, 2.24) is 20.1 Å². The van der Waals surface area contributed by atoms with E-state index < -0.39 is 27.1 Å². The molecule has 0 aliphatic heterocycles. The zero-order chi connectivity index (χ0) is 17.5. The molecule has 0 aliphatic carbocycles. The highest BCUT2D eigenvalue weighted by Gasteiger charge is 2.33. The van der Waals surface area contributed by atoms with E-state index in [1.54, 1.807) is 0 Å². The minimum absolute atomic E-state index is 0.0386. The van der Waals surface area contributed by atoms with Crippen molar-refractivity contribution in [2.24, 2.45) is 0 Å². The molecule has 0 bridgehead atoms. The third-order valence-electron chi connectivity index (χ3n) is 3.26. The maximum absolute atomic E-state index is 12.6. The molecule has 1 atom stereocenters. The molecule has 3 aromatic rings. The fourth-order valence-corrected chi connectivity index (χ4v) is 4.28. The van der Waals surface area contributed by atoms with Crippen molar-refractivity contribution in [3.05, 3.63) is 40.1 Å². The summed E-state index contributed by atoms with van der Waals surface area (Å²) in [5, 5.41) is 10.0. The first-order valence-electron chi connectivity index (χ1n) is 6.66. The number of fused-ring (bicyclic) bond motifs is 1. The molecule has 128 valence electrons. The van der Waals surface area contributed by atoms with Crippen LogP contribution in [0.25, 0.3) is 11.0 Å². The molecule has 0 amide bonds. The highest BCUT2D eigenvalue weighted by atomic mass is 32.2. The van der Waals surface area contributed by atoms with Gasteiger partial charge >= 0.3 is 6.18 Å². The molecule has 11 heteroatoms. The highest BCUT2D eigenvalue weighted by Crippen LogP contribution is 2.36. The van der Waals surface area contributed by atoms with Gasteiger partial charge in [0.05, 0.1) is 10.9 Å². The minimum Gasteiger partial charge on any atom is -0.207 e. The van der Waals surface area contributed by atoms with Gasteiger partial charge in [0.1, 0.15) is 15.9 Å². The highest BCUT2D eigenvalue weighted by molar-refractivity contribution is 7.89. The van der Waals surface area contributed by atoms with Gasteiger partial charge < -0.3 is 0 Å². The summed E-state index contributed by atoms with van der Waals surface area (Å²) in [4.78, 5) is -0.538. The van der Waals surface area contributed by atoms with Crippen LogP contribution in [0, 0.1) is 0 Å². The summed E-state index contributed by atoms with van der Waals surface area (Å²) in [6, 6.07) is 5.58. The molecule has 1 aromatic carbocycles. The number of rotatable bonds is 4. The summed E-state index contributed by atoms with van der Waals surface area (Å²) < 4.78 is 65.1. The first-order chi connectivity index (χ1) is 11.2. The molecule has 1 unspecified atom stereocenters. The van der Waals surface area contributed by atoms with E-state index in [0.29, 0.717) is 22.4 Å². The van der Waals surface area contributed by atoms with Crippen molar-refractivity contribution in [3.8, 4) is 0 Å². The van der Waals surface area contributed by atoms with Crippen LogP contribution in [0.4, 0.5) is 13.2 Å². The lowest BCUT2D eigenvalue weighted by molar-refractivity contribution is -0.134. The van der Waals surface area contributed by atoms with Gasteiger partial charge in [-0.1, -0.05) is 0 Å². The summed E-state index contributed by atoms with van der Waals surface area (Å²) >= 11 is 0.508. The lowest BCUT2D eigenvalue weighted by atomic mass is 10.3. The second kappa shape index (κ2) is 5.83. The zero-order valence-corrected chi connectivity index (χ0v) is 13.8. The number of halogens is 3. The zero-order valence-electron chi connectivity index (χ0n) is 12.1. The standard InChI is InChI=1S/C13H11F3N4O2S2/c1-7(11-4-5-12(23-11)13(14,15)16)19-24(21,22)8-2-3-9-10(6-8)18-20-17-9/h2-7,19H,1H3,(H,17,18,20). The monoisotopic (exact) mass is 376 g/mol. The molecule has 24 heavy (non-hydrogen) atoms. The molecule has 3 rings (SSSR count). The van der Waals surface area contributed by atoms with E-state index in [4.69, 9.17) is 0 Å². The Kier molecular flexibility index (Phi) is 4.10. The first kappa shape index (κ1) is 16.9. The second-order valence-electron chi connectivity index (χ2n) is 5.02. The molecule has 0 saturated heterocycles. The van der Waals surface area contributed by atoms with Gasteiger partial charge in [0.25, 0.3) is 0 Å². The summed E-state index contributed by atoms with van der Waals surface area (Å²) in [5.41, 5.74) is 0.885. The molecule has 2 N–H and O–H groups in total. The van der Waals surface area contributed by atoms with E-state index in [1.807, 2.05) is 0 Å². The number of hydrogen-bond donors (Lipinski definition) is 2. The summed E-state index contributed by atoms with van der Waals surface area (Å²) in [6.45, 7) is 1.48. The summed E-state index contributed by atoms with van der Waals surface area (Å²) in [6.07, 6.45) is -4.44. The van der Waals surface area contributed by atoms with Crippen molar-refractivity contribution >= 4 is 32.4 Å². The van der Waals surface area contributed by atoms with Crippen LogP contribution in [-0.2, 0) is 16.2 Å². The van der Waals surface area contributed by atoms with Crippen molar-refractivity contribution in [1.29, 1.82) is 0 Å². The minimum atomic E-state index is -4.44. The van der Waals surface area contributed by atoms with Gasteiger partial charge in [0, 0.05) is 4.88 Å². The van der Waals surface area contributed by atoms with Crippen LogP contribution in [0.5, 0.6) is 0 Å². The SMILES string of the molecule is CC(NS(=O)(=O)c1ccc2n[nH]nc2c1)c1ccc(C(F)(F)F)s1. The van der Waals surface area contributed by atoms with Crippen molar-refractivity contribution in [2.75, 3.05) is 0 Å². The molecule has 0 aliphatic rings. The Labute approximate surface area is 138 Å². The Morgan fingerprint density at radius 3 is 2.54 bits per heavy atom. The van der Waals surface area contributed by atoms with Gasteiger partial charge in [-0.25, -0.2) is 13.1 Å². The first-order valence-corrected chi connectivity index (χ1v) is 8.96. The van der Waals surface area contributed by atoms with Gasteiger partial charge in [-0.15, -0.1) is 11.3 Å². The molecule has 6 nitrogen and oxygen atoms in total. The summed E-state index contributed by atoms with van der Waals surface area (Å²) in [7, 11) is -3.91. The number of nitrogens with one attached hydrogen (secondary N) is 2. The smallest absolute Gasteiger partial charge is 0.207 e. The van der Waals surface area contributed by atoms with Gasteiger partial charge in [0.2, 0.25) is 10.0 Å². The maximum Gasteiger partial charge on any atom is 0.425 e. The molecule has 0 radical (unpaired) electrons. The van der Waals surface area contributed by atoms with Crippen molar-refractivity contribution in [3.63, 3.8) is 0 Å².